The quantitative estimate of drug-likeness (QED) is 0.576. The molecule has 0 aromatic rings. The lowest BCUT2D eigenvalue weighted by Crippen LogP contribution is -2.54. The standard InChI is InChI=1S/C7H13NO3/c1-5(7(10)11)8-2-6(3-8)4-9/h5-6,9H,2-4H2,1H3,(H,10,11). The molecule has 2 N–H and O–H groups in total. The third-order valence-electron chi connectivity index (χ3n) is 2.15. The highest BCUT2D eigenvalue weighted by molar-refractivity contribution is 5.73. The second kappa shape index (κ2) is 3.19. The first-order valence-electron chi connectivity index (χ1n) is 3.73. The van der Waals surface area contributed by atoms with Gasteiger partial charge in [-0.15, -0.1) is 0 Å². The summed E-state index contributed by atoms with van der Waals surface area (Å²) < 4.78 is 0. The second-order valence-corrected chi connectivity index (χ2v) is 3.02. The summed E-state index contributed by atoms with van der Waals surface area (Å²) in [5.41, 5.74) is 0. The van der Waals surface area contributed by atoms with E-state index in [1.807, 2.05) is 4.90 Å². The van der Waals surface area contributed by atoms with Crippen LogP contribution in [0.1, 0.15) is 6.92 Å². The van der Waals surface area contributed by atoms with Crippen LogP contribution in [0.2, 0.25) is 0 Å². The van der Waals surface area contributed by atoms with Gasteiger partial charge in [0.1, 0.15) is 6.04 Å². The molecule has 1 rings (SSSR count). The molecule has 0 radical (unpaired) electrons. The van der Waals surface area contributed by atoms with E-state index in [4.69, 9.17) is 10.2 Å². The van der Waals surface area contributed by atoms with Crippen molar-refractivity contribution in [2.45, 2.75) is 13.0 Å². The molecular formula is C7H13NO3. The summed E-state index contributed by atoms with van der Waals surface area (Å²) in [6.45, 7) is 3.26. The molecule has 0 saturated carbocycles. The fraction of sp³-hybridized carbons (Fsp3) is 0.857. The van der Waals surface area contributed by atoms with Gasteiger partial charge in [0.15, 0.2) is 0 Å². The molecule has 0 bridgehead atoms. The first-order valence-corrected chi connectivity index (χ1v) is 3.73. The highest BCUT2D eigenvalue weighted by atomic mass is 16.4. The third-order valence-corrected chi connectivity index (χ3v) is 2.15. The van der Waals surface area contributed by atoms with Gasteiger partial charge in [-0.05, 0) is 6.92 Å². The van der Waals surface area contributed by atoms with Gasteiger partial charge in [0, 0.05) is 25.6 Å². The van der Waals surface area contributed by atoms with Gasteiger partial charge in [-0.1, -0.05) is 0 Å². The number of nitrogens with zero attached hydrogens (tertiary/aromatic N) is 1. The molecule has 64 valence electrons. The number of aliphatic hydroxyl groups excluding tert-OH is 1. The van der Waals surface area contributed by atoms with E-state index in [9.17, 15) is 4.79 Å². The lowest BCUT2D eigenvalue weighted by molar-refractivity contribution is -0.145. The molecule has 4 heteroatoms. The van der Waals surface area contributed by atoms with Crippen molar-refractivity contribution in [1.82, 2.24) is 4.90 Å². The van der Waals surface area contributed by atoms with Gasteiger partial charge in [-0.3, -0.25) is 9.69 Å². The van der Waals surface area contributed by atoms with Gasteiger partial charge in [0.2, 0.25) is 0 Å². The van der Waals surface area contributed by atoms with E-state index in [2.05, 4.69) is 0 Å². The summed E-state index contributed by atoms with van der Waals surface area (Å²) >= 11 is 0. The number of rotatable bonds is 3. The van der Waals surface area contributed by atoms with Crippen LogP contribution in [0.3, 0.4) is 0 Å². The van der Waals surface area contributed by atoms with Crippen molar-refractivity contribution in [3.05, 3.63) is 0 Å². The minimum Gasteiger partial charge on any atom is -0.480 e. The molecule has 0 aromatic carbocycles. The monoisotopic (exact) mass is 159 g/mol. The molecule has 1 aliphatic heterocycles. The summed E-state index contributed by atoms with van der Waals surface area (Å²) in [7, 11) is 0. The minimum atomic E-state index is -0.790. The molecule has 0 amide bonds. The highest BCUT2D eigenvalue weighted by Gasteiger charge is 2.32. The van der Waals surface area contributed by atoms with Crippen LogP contribution < -0.4 is 0 Å². The number of hydrogen-bond acceptors (Lipinski definition) is 3. The van der Waals surface area contributed by atoms with Crippen LogP contribution in [0, 0.1) is 5.92 Å². The molecule has 0 aliphatic carbocycles. The summed E-state index contributed by atoms with van der Waals surface area (Å²) in [4.78, 5) is 12.3. The number of carboxylic acids is 1. The number of likely N-dealkylation sites (tertiary alicyclic amines) is 1. The highest BCUT2D eigenvalue weighted by Crippen LogP contribution is 2.17. The Labute approximate surface area is 65.4 Å². The summed E-state index contributed by atoms with van der Waals surface area (Å²) in [6, 6.07) is -0.405. The average molecular weight is 159 g/mol. The Kier molecular flexibility index (Phi) is 2.46. The molecular weight excluding hydrogens is 146 g/mol. The summed E-state index contributed by atoms with van der Waals surface area (Å²) in [5, 5.41) is 17.2. The second-order valence-electron chi connectivity index (χ2n) is 3.02. The Morgan fingerprint density at radius 1 is 1.73 bits per heavy atom. The lowest BCUT2D eigenvalue weighted by Gasteiger charge is -2.40. The van der Waals surface area contributed by atoms with Gasteiger partial charge in [0.25, 0.3) is 0 Å². The minimum absolute atomic E-state index is 0.169. The van der Waals surface area contributed by atoms with Gasteiger partial charge in [-0.25, -0.2) is 0 Å². The van der Waals surface area contributed by atoms with Crippen LogP contribution in [0.25, 0.3) is 0 Å². The zero-order chi connectivity index (χ0) is 8.43. The number of carboxylic acid groups (broad SMARTS) is 1. The molecule has 11 heavy (non-hydrogen) atoms. The van der Waals surface area contributed by atoms with E-state index in [0.29, 0.717) is 13.1 Å². The fourth-order valence-corrected chi connectivity index (χ4v) is 1.20. The van der Waals surface area contributed by atoms with E-state index in [0.717, 1.165) is 0 Å². The molecule has 4 nitrogen and oxygen atoms in total. The van der Waals surface area contributed by atoms with Crippen molar-refractivity contribution >= 4 is 5.97 Å². The van der Waals surface area contributed by atoms with E-state index in [-0.39, 0.29) is 12.5 Å². The molecule has 1 saturated heterocycles. The Balaban J connectivity index is 2.26. The van der Waals surface area contributed by atoms with Crippen molar-refractivity contribution in [2.24, 2.45) is 5.92 Å². The third kappa shape index (κ3) is 1.70. The Bertz CT molecular complexity index is 154. The fourth-order valence-electron chi connectivity index (χ4n) is 1.20. The SMILES string of the molecule is CC(C(=O)O)N1CC(CO)C1. The van der Waals surface area contributed by atoms with Crippen molar-refractivity contribution in [3.63, 3.8) is 0 Å². The van der Waals surface area contributed by atoms with Crippen molar-refractivity contribution < 1.29 is 15.0 Å². The van der Waals surface area contributed by atoms with Crippen LogP contribution in [0.15, 0.2) is 0 Å². The zero-order valence-corrected chi connectivity index (χ0v) is 6.53. The number of hydrogen-bond donors (Lipinski definition) is 2. The van der Waals surface area contributed by atoms with Crippen molar-refractivity contribution in [1.29, 1.82) is 0 Å². The van der Waals surface area contributed by atoms with Crippen LogP contribution in [-0.4, -0.2) is 46.8 Å². The number of aliphatic hydroxyl groups is 1. The van der Waals surface area contributed by atoms with Crippen LogP contribution >= 0.6 is 0 Å². The maximum atomic E-state index is 10.4. The number of carbonyl (C=O) groups is 1. The lowest BCUT2D eigenvalue weighted by atomic mass is 9.99. The van der Waals surface area contributed by atoms with E-state index < -0.39 is 12.0 Å². The van der Waals surface area contributed by atoms with Gasteiger partial charge < -0.3 is 10.2 Å². The molecule has 1 aliphatic rings. The molecule has 1 fully saturated rings. The first-order chi connectivity index (χ1) is 5.15. The maximum absolute atomic E-state index is 10.4. The van der Waals surface area contributed by atoms with E-state index in [1.54, 1.807) is 6.92 Å². The van der Waals surface area contributed by atoms with Crippen molar-refractivity contribution in [3.8, 4) is 0 Å². The summed E-state index contributed by atoms with van der Waals surface area (Å²) in [6.07, 6.45) is 0. The molecule has 0 spiro atoms. The zero-order valence-electron chi connectivity index (χ0n) is 6.53. The van der Waals surface area contributed by atoms with Crippen LogP contribution in [0.5, 0.6) is 0 Å². The first kappa shape index (κ1) is 8.49. The van der Waals surface area contributed by atoms with Crippen LogP contribution in [-0.2, 0) is 4.79 Å². The predicted molar refractivity (Wildman–Crippen MR) is 39.2 cm³/mol. The predicted octanol–water partition coefficient (Wildman–Crippen LogP) is -0.616. The van der Waals surface area contributed by atoms with E-state index >= 15 is 0 Å². The van der Waals surface area contributed by atoms with E-state index in [1.165, 1.54) is 0 Å². The van der Waals surface area contributed by atoms with Gasteiger partial charge >= 0.3 is 5.97 Å². The number of aliphatic carboxylic acids is 1. The van der Waals surface area contributed by atoms with Crippen LogP contribution in [0.4, 0.5) is 0 Å². The smallest absolute Gasteiger partial charge is 0.320 e. The Hall–Kier alpha value is -0.610. The molecule has 1 unspecified atom stereocenters. The normalized spacial score (nSPS) is 22.7. The Morgan fingerprint density at radius 2 is 2.27 bits per heavy atom. The van der Waals surface area contributed by atoms with Crippen molar-refractivity contribution in [2.75, 3.05) is 19.7 Å². The molecule has 1 atom stereocenters. The Morgan fingerprint density at radius 3 is 2.64 bits per heavy atom. The van der Waals surface area contributed by atoms with Gasteiger partial charge in [0.05, 0.1) is 0 Å². The molecule has 1 heterocycles. The topological polar surface area (TPSA) is 60.8 Å². The summed E-state index contributed by atoms with van der Waals surface area (Å²) in [5.74, 6) is -0.502. The van der Waals surface area contributed by atoms with Gasteiger partial charge in [-0.2, -0.15) is 0 Å². The maximum Gasteiger partial charge on any atom is 0.320 e. The average Bonchev–Trinajstić information content (AvgIpc) is 1.85. The largest absolute Gasteiger partial charge is 0.480 e. The molecule has 0 aromatic heterocycles.